The van der Waals surface area contributed by atoms with Crippen LogP contribution in [0.2, 0.25) is 0 Å². The average Bonchev–Trinajstić information content (AvgIpc) is 2.64. The van der Waals surface area contributed by atoms with E-state index in [4.69, 9.17) is 10.5 Å². The first-order valence-corrected chi connectivity index (χ1v) is 4.44. The van der Waals surface area contributed by atoms with E-state index in [1.165, 1.54) is 0 Å². The fourth-order valence-electron chi connectivity index (χ4n) is 2.15. The molecule has 1 amide bonds. The summed E-state index contributed by atoms with van der Waals surface area (Å²) in [5, 5.41) is 2.63. The number of fused-ring (bicyclic) bond motifs is 2. The summed E-state index contributed by atoms with van der Waals surface area (Å²) in [4.78, 5) is 11.4. The standard InChI is InChI=1S/C8H14N2O2/c9-4-10-8(11)6-3-5-1-2-7(6)12-5/h5-7H,1-4,9H2,(H,10,11). The van der Waals surface area contributed by atoms with Crippen LogP contribution in [0.4, 0.5) is 0 Å². The topological polar surface area (TPSA) is 64.3 Å². The Balaban J connectivity index is 1.93. The highest BCUT2D eigenvalue weighted by atomic mass is 16.5. The van der Waals surface area contributed by atoms with Gasteiger partial charge in [0.2, 0.25) is 5.91 Å². The van der Waals surface area contributed by atoms with Gasteiger partial charge < -0.3 is 15.8 Å². The van der Waals surface area contributed by atoms with Gasteiger partial charge >= 0.3 is 0 Å². The number of nitrogens with one attached hydrogen (secondary N) is 1. The van der Waals surface area contributed by atoms with Crippen molar-refractivity contribution in [3.05, 3.63) is 0 Å². The molecule has 0 aromatic rings. The highest BCUT2D eigenvalue weighted by Gasteiger charge is 2.44. The molecule has 0 aromatic heterocycles. The fraction of sp³-hybridized carbons (Fsp3) is 0.875. The second-order valence-electron chi connectivity index (χ2n) is 3.46. The average molecular weight is 170 g/mol. The Hall–Kier alpha value is -0.610. The Morgan fingerprint density at radius 2 is 2.42 bits per heavy atom. The lowest BCUT2D eigenvalue weighted by atomic mass is 9.89. The van der Waals surface area contributed by atoms with Crippen LogP contribution in [0.25, 0.3) is 0 Å². The van der Waals surface area contributed by atoms with Crippen LogP contribution in [0.15, 0.2) is 0 Å². The molecule has 4 heteroatoms. The molecule has 2 bridgehead atoms. The van der Waals surface area contributed by atoms with Crippen LogP contribution in [0.5, 0.6) is 0 Å². The van der Waals surface area contributed by atoms with E-state index in [0.29, 0.717) is 6.10 Å². The summed E-state index contributed by atoms with van der Waals surface area (Å²) < 4.78 is 5.55. The molecule has 3 unspecified atom stereocenters. The van der Waals surface area contributed by atoms with Gasteiger partial charge in [-0.15, -0.1) is 0 Å². The minimum atomic E-state index is 0.0599. The molecule has 2 saturated heterocycles. The Bertz CT molecular complexity index is 195. The summed E-state index contributed by atoms with van der Waals surface area (Å²) in [5.74, 6) is 0.122. The molecular weight excluding hydrogens is 156 g/mol. The molecule has 2 aliphatic heterocycles. The Kier molecular flexibility index (Phi) is 2.02. The number of hydrogen-bond acceptors (Lipinski definition) is 3. The summed E-state index contributed by atoms with van der Waals surface area (Å²) in [5.41, 5.74) is 5.22. The molecule has 0 spiro atoms. The van der Waals surface area contributed by atoms with Crippen molar-refractivity contribution >= 4 is 5.91 Å². The molecule has 0 aromatic carbocycles. The molecule has 2 aliphatic rings. The van der Waals surface area contributed by atoms with Crippen LogP contribution in [-0.2, 0) is 9.53 Å². The molecule has 68 valence electrons. The van der Waals surface area contributed by atoms with E-state index in [0.717, 1.165) is 19.3 Å². The molecule has 12 heavy (non-hydrogen) atoms. The van der Waals surface area contributed by atoms with Crippen molar-refractivity contribution in [1.29, 1.82) is 0 Å². The highest BCUT2D eigenvalue weighted by molar-refractivity contribution is 5.79. The SMILES string of the molecule is NCNC(=O)C1CC2CCC1O2. The van der Waals surface area contributed by atoms with Gasteiger partial charge in [0.05, 0.1) is 24.8 Å². The summed E-state index contributed by atoms with van der Waals surface area (Å²) >= 11 is 0. The van der Waals surface area contributed by atoms with Crippen molar-refractivity contribution in [1.82, 2.24) is 5.32 Å². The van der Waals surface area contributed by atoms with Crippen molar-refractivity contribution in [2.75, 3.05) is 6.67 Å². The first-order chi connectivity index (χ1) is 5.81. The summed E-state index contributed by atoms with van der Waals surface area (Å²) in [6, 6.07) is 0. The molecule has 3 atom stereocenters. The molecule has 0 radical (unpaired) electrons. The van der Waals surface area contributed by atoms with Crippen molar-refractivity contribution in [2.24, 2.45) is 11.7 Å². The van der Waals surface area contributed by atoms with Gasteiger partial charge in [0.15, 0.2) is 0 Å². The minimum absolute atomic E-state index is 0.0599. The van der Waals surface area contributed by atoms with Crippen LogP contribution in [0.1, 0.15) is 19.3 Å². The monoisotopic (exact) mass is 170 g/mol. The van der Waals surface area contributed by atoms with Crippen molar-refractivity contribution in [3.63, 3.8) is 0 Å². The highest BCUT2D eigenvalue weighted by Crippen LogP contribution is 2.38. The number of carbonyl (C=O) groups excluding carboxylic acids is 1. The number of hydrogen-bond donors (Lipinski definition) is 2. The summed E-state index contributed by atoms with van der Waals surface area (Å²) in [7, 11) is 0. The van der Waals surface area contributed by atoms with Gasteiger partial charge in [0, 0.05) is 0 Å². The molecule has 0 saturated carbocycles. The predicted molar refractivity (Wildman–Crippen MR) is 43.2 cm³/mol. The smallest absolute Gasteiger partial charge is 0.226 e. The van der Waals surface area contributed by atoms with Gasteiger partial charge in [0.25, 0.3) is 0 Å². The zero-order valence-corrected chi connectivity index (χ0v) is 6.95. The van der Waals surface area contributed by atoms with Crippen molar-refractivity contribution in [3.8, 4) is 0 Å². The number of carbonyl (C=O) groups is 1. The third kappa shape index (κ3) is 1.21. The van der Waals surface area contributed by atoms with Gasteiger partial charge in [-0.25, -0.2) is 0 Å². The van der Waals surface area contributed by atoms with Crippen LogP contribution < -0.4 is 11.1 Å². The first kappa shape index (κ1) is 8.01. The number of amides is 1. The van der Waals surface area contributed by atoms with E-state index in [9.17, 15) is 4.79 Å². The van der Waals surface area contributed by atoms with Crippen LogP contribution >= 0.6 is 0 Å². The minimum Gasteiger partial charge on any atom is -0.374 e. The summed E-state index contributed by atoms with van der Waals surface area (Å²) in [6.45, 7) is 0.229. The lowest BCUT2D eigenvalue weighted by Gasteiger charge is -2.16. The molecule has 3 N–H and O–H groups in total. The first-order valence-electron chi connectivity index (χ1n) is 4.44. The molecule has 2 rings (SSSR count). The number of ether oxygens (including phenoxy) is 1. The number of nitrogens with two attached hydrogens (primary N) is 1. The Morgan fingerprint density at radius 3 is 2.92 bits per heavy atom. The predicted octanol–water partition coefficient (Wildman–Crippen LogP) is -0.414. The van der Waals surface area contributed by atoms with Crippen LogP contribution in [0.3, 0.4) is 0 Å². The van der Waals surface area contributed by atoms with E-state index in [-0.39, 0.29) is 24.6 Å². The Morgan fingerprint density at radius 1 is 1.58 bits per heavy atom. The molecule has 2 fully saturated rings. The van der Waals surface area contributed by atoms with Gasteiger partial charge in [-0.05, 0) is 19.3 Å². The van der Waals surface area contributed by atoms with E-state index in [2.05, 4.69) is 5.32 Å². The third-order valence-corrected chi connectivity index (χ3v) is 2.72. The van der Waals surface area contributed by atoms with Gasteiger partial charge in [-0.1, -0.05) is 0 Å². The maximum absolute atomic E-state index is 11.4. The van der Waals surface area contributed by atoms with Crippen molar-refractivity contribution in [2.45, 2.75) is 31.5 Å². The van der Waals surface area contributed by atoms with E-state index in [1.807, 2.05) is 0 Å². The van der Waals surface area contributed by atoms with E-state index >= 15 is 0 Å². The second kappa shape index (κ2) is 3.03. The van der Waals surface area contributed by atoms with Gasteiger partial charge in [0.1, 0.15) is 0 Å². The zero-order valence-electron chi connectivity index (χ0n) is 6.95. The van der Waals surface area contributed by atoms with Crippen molar-refractivity contribution < 1.29 is 9.53 Å². The molecule has 2 heterocycles. The fourth-order valence-corrected chi connectivity index (χ4v) is 2.15. The quantitative estimate of drug-likeness (QED) is 0.553. The molecule has 4 nitrogen and oxygen atoms in total. The normalized spacial score (nSPS) is 38.6. The zero-order chi connectivity index (χ0) is 8.55. The van der Waals surface area contributed by atoms with Gasteiger partial charge in [-0.3, -0.25) is 4.79 Å². The maximum atomic E-state index is 11.4. The maximum Gasteiger partial charge on any atom is 0.226 e. The van der Waals surface area contributed by atoms with Crippen LogP contribution in [0, 0.1) is 5.92 Å². The van der Waals surface area contributed by atoms with Crippen LogP contribution in [-0.4, -0.2) is 24.8 Å². The molecule has 0 aliphatic carbocycles. The van der Waals surface area contributed by atoms with E-state index < -0.39 is 0 Å². The lowest BCUT2D eigenvalue weighted by molar-refractivity contribution is -0.126. The Labute approximate surface area is 71.4 Å². The lowest BCUT2D eigenvalue weighted by Crippen LogP contribution is -2.38. The van der Waals surface area contributed by atoms with Gasteiger partial charge in [-0.2, -0.15) is 0 Å². The summed E-state index contributed by atoms with van der Waals surface area (Å²) in [6.07, 6.45) is 3.55. The second-order valence-corrected chi connectivity index (χ2v) is 3.46. The largest absolute Gasteiger partial charge is 0.374 e. The molecular formula is C8H14N2O2. The number of rotatable bonds is 2. The third-order valence-electron chi connectivity index (χ3n) is 2.72. The van der Waals surface area contributed by atoms with E-state index in [1.54, 1.807) is 0 Å².